The third-order valence-corrected chi connectivity index (χ3v) is 11.3. The molecule has 240 valence electrons. The topological polar surface area (TPSA) is 95.0 Å². The molecule has 4 aromatic carbocycles. The van der Waals surface area contributed by atoms with Gasteiger partial charge in [-0.25, -0.2) is 4.90 Å². The van der Waals surface area contributed by atoms with Gasteiger partial charge >= 0.3 is 0 Å². The number of benzene rings is 4. The van der Waals surface area contributed by atoms with Gasteiger partial charge in [-0.05, 0) is 72.7 Å². The smallest absolute Gasteiger partial charge is 0.246 e. The second-order valence-corrected chi connectivity index (χ2v) is 13.6. The Labute approximate surface area is 283 Å². The predicted molar refractivity (Wildman–Crippen MR) is 183 cm³/mol. The van der Waals surface area contributed by atoms with Crippen molar-refractivity contribution in [1.82, 2.24) is 0 Å². The number of anilines is 2. The molecule has 0 spiro atoms. The van der Waals surface area contributed by atoms with Crippen molar-refractivity contribution in [3.05, 3.63) is 136 Å². The van der Waals surface area contributed by atoms with E-state index >= 15 is 4.79 Å². The summed E-state index contributed by atoms with van der Waals surface area (Å²) in [4.78, 5) is 60.9. The first-order valence-corrected chi connectivity index (χ1v) is 16.8. The summed E-state index contributed by atoms with van der Waals surface area (Å²) >= 11 is 6.37. The zero-order valence-electron chi connectivity index (χ0n) is 26.3. The Hall–Kier alpha value is -5.01. The molecule has 0 bridgehead atoms. The zero-order chi connectivity index (χ0) is 33.3. The summed E-state index contributed by atoms with van der Waals surface area (Å²) in [5, 5.41) is 11.8. The highest BCUT2D eigenvalue weighted by Gasteiger charge is 2.70. The lowest BCUT2D eigenvalue weighted by Crippen LogP contribution is -2.53. The fraction of sp³-hybridized carbons (Fsp3) is 0.250. The second-order valence-electron chi connectivity index (χ2n) is 13.2. The molecule has 2 heterocycles. The van der Waals surface area contributed by atoms with Gasteiger partial charge in [0.1, 0.15) is 5.75 Å². The van der Waals surface area contributed by atoms with Crippen LogP contribution in [-0.4, -0.2) is 28.7 Å². The minimum Gasteiger partial charge on any atom is -0.508 e. The SMILES string of the molecule is CCc1ccc(N2C(=O)C3CC=C4C(CC5C(=O)N(c6cccc(Cl)c6)C(=O)C5(c5ccccc5)C4c4ccccc4O)C3C2=O)cc1. The minimum absolute atomic E-state index is 0.00634. The monoisotopic (exact) mass is 656 g/mol. The molecule has 48 heavy (non-hydrogen) atoms. The molecule has 0 aromatic heterocycles. The molecule has 8 rings (SSSR count). The highest BCUT2D eigenvalue weighted by Crippen LogP contribution is 2.65. The van der Waals surface area contributed by atoms with Gasteiger partial charge in [-0.1, -0.05) is 96.9 Å². The van der Waals surface area contributed by atoms with Crippen molar-refractivity contribution in [2.45, 2.75) is 37.5 Å². The molecule has 1 saturated carbocycles. The first-order valence-electron chi connectivity index (χ1n) is 16.4. The zero-order valence-corrected chi connectivity index (χ0v) is 27.0. The normalized spacial score (nSPS) is 27.9. The van der Waals surface area contributed by atoms with E-state index in [-0.39, 0.29) is 24.0 Å². The summed E-state index contributed by atoms with van der Waals surface area (Å²) in [7, 11) is 0. The fourth-order valence-electron chi connectivity index (χ4n) is 8.96. The average molecular weight is 657 g/mol. The lowest BCUT2D eigenvalue weighted by Gasteiger charge is -2.50. The van der Waals surface area contributed by atoms with Gasteiger partial charge in [0, 0.05) is 16.5 Å². The van der Waals surface area contributed by atoms with Crippen LogP contribution in [0.25, 0.3) is 0 Å². The van der Waals surface area contributed by atoms with Crippen molar-refractivity contribution < 1.29 is 24.3 Å². The van der Waals surface area contributed by atoms with Crippen LogP contribution in [0.1, 0.15) is 42.4 Å². The number of carbonyl (C=O) groups is 4. The number of fused-ring (bicyclic) bond motifs is 4. The van der Waals surface area contributed by atoms with Crippen molar-refractivity contribution in [3.8, 4) is 5.75 Å². The number of hydrogen-bond donors (Lipinski definition) is 1. The third kappa shape index (κ3) is 4.20. The molecule has 3 fully saturated rings. The maximum atomic E-state index is 15.2. The molecule has 2 aliphatic carbocycles. The number of phenolic OH excluding ortho intramolecular Hbond substituents is 1. The van der Waals surface area contributed by atoms with E-state index in [9.17, 15) is 19.5 Å². The van der Waals surface area contributed by atoms with Gasteiger partial charge in [0.15, 0.2) is 0 Å². The van der Waals surface area contributed by atoms with Crippen LogP contribution in [0.15, 0.2) is 115 Å². The summed E-state index contributed by atoms with van der Waals surface area (Å²) in [6.45, 7) is 2.05. The first-order chi connectivity index (χ1) is 23.3. The number of nitrogens with zero attached hydrogens (tertiary/aromatic N) is 2. The van der Waals surface area contributed by atoms with E-state index < -0.39 is 46.8 Å². The summed E-state index contributed by atoms with van der Waals surface area (Å²) < 4.78 is 0. The van der Waals surface area contributed by atoms with Gasteiger partial charge < -0.3 is 5.11 Å². The van der Waals surface area contributed by atoms with Crippen LogP contribution in [0.2, 0.25) is 5.02 Å². The summed E-state index contributed by atoms with van der Waals surface area (Å²) in [6.07, 6.45) is 3.33. The number of amides is 4. The minimum atomic E-state index is -1.43. The quantitative estimate of drug-likeness (QED) is 0.185. The molecule has 2 saturated heterocycles. The Balaban J connectivity index is 1.33. The van der Waals surface area contributed by atoms with Crippen LogP contribution >= 0.6 is 11.6 Å². The Morgan fingerprint density at radius 2 is 1.50 bits per heavy atom. The lowest BCUT2D eigenvalue weighted by molar-refractivity contribution is -0.127. The Morgan fingerprint density at radius 1 is 0.771 bits per heavy atom. The van der Waals surface area contributed by atoms with Crippen molar-refractivity contribution in [3.63, 3.8) is 0 Å². The standard InChI is InChI=1S/C40H33ClN2O5/c1-2-23-15-17-26(18-16-23)42-36(45)30-20-19-28-31(34(30)38(42)47)22-32-37(46)43(27-12-8-11-25(41)21-27)39(48)40(32,24-9-4-3-5-10-24)35(28)29-13-6-7-14-33(29)44/h3-19,21,30-32,34-35,44H,2,20,22H2,1H3. The number of imide groups is 2. The van der Waals surface area contributed by atoms with E-state index in [4.69, 9.17) is 11.6 Å². The number of rotatable bonds is 5. The predicted octanol–water partition coefficient (Wildman–Crippen LogP) is 6.98. The van der Waals surface area contributed by atoms with E-state index in [1.165, 1.54) is 9.80 Å². The second kappa shape index (κ2) is 11.3. The molecule has 6 atom stereocenters. The Kier molecular flexibility index (Phi) is 7.15. The van der Waals surface area contributed by atoms with Gasteiger partial charge in [0.25, 0.3) is 0 Å². The summed E-state index contributed by atoms with van der Waals surface area (Å²) in [5.74, 6) is -4.85. The maximum Gasteiger partial charge on any atom is 0.246 e. The van der Waals surface area contributed by atoms with E-state index in [0.717, 1.165) is 17.6 Å². The largest absolute Gasteiger partial charge is 0.508 e. The molecule has 8 heteroatoms. The molecular formula is C40H33ClN2O5. The van der Waals surface area contributed by atoms with Gasteiger partial charge in [0.05, 0.1) is 34.5 Å². The van der Waals surface area contributed by atoms with E-state index in [0.29, 0.717) is 33.9 Å². The molecular weight excluding hydrogens is 624 g/mol. The van der Waals surface area contributed by atoms with Gasteiger partial charge in [-0.2, -0.15) is 0 Å². The lowest BCUT2D eigenvalue weighted by atomic mass is 9.49. The molecule has 1 N–H and O–H groups in total. The Morgan fingerprint density at radius 3 is 2.21 bits per heavy atom. The van der Waals surface area contributed by atoms with Crippen molar-refractivity contribution in [1.29, 1.82) is 0 Å². The highest BCUT2D eigenvalue weighted by atomic mass is 35.5. The first kappa shape index (κ1) is 30.3. The molecule has 7 nitrogen and oxygen atoms in total. The third-order valence-electron chi connectivity index (χ3n) is 11.0. The van der Waals surface area contributed by atoms with Gasteiger partial charge in [0.2, 0.25) is 23.6 Å². The number of hydrogen-bond acceptors (Lipinski definition) is 5. The fourth-order valence-corrected chi connectivity index (χ4v) is 9.14. The Bertz CT molecular complexity index is 2020. The van der Waals surface area contributed by atoms with Crippen LogP contribution in [-0.2, 0) is 31.0 Å². The number of allylic oxidation sites excluding steroid dienone is 2. The number of halogens is 1. The van der Waals surface area contributed by atoms with Gasteiger partial charge in [-0.3, -0.25) is 24.1 Å². The van der Waals surface area contributed by atoms with E-state index in [1.54, 1.807) is 48.5 Å². The molecule has 4 aliphatic rings. The number of carbonyl (C=O) groups excluding carboxylic acids is 4. The van der Waals surface area contributed by atoms with Crippen molar-refractivity contribution >= 4 is 46.6 Å². The van der Waals surface area contributed by atoms with Crippen molar-refractivity contribution in [2.24, 2.45) is 23.7 Å². The van der Waals surface area contributed by atoms with Crippen LogP contribution < -0.4 is 9.80 Å². The molecule has 6 unspecified atom stereocenters. The van der Waals surface area contributed by atoms with E-state index in [2.05, 4.69) is 0 Å². The van der Waals surface area contributed by atoms with Crippen LogP contribution in [0, 0.1) is 23.7 Å². The number of aryl methyl sites for hydroxylation is 1. The molecule has 4 amide bonds. The van der Waals surface area contributed by atoms with Gasteiger partial charge in [-0.15, -0.1) is 0 Å². The maximum absolute atomic E-state index is 15.2. The number of para-hydroxylation sites is 1. The van der Waals surface area contributed by atoms with Crippen LogP contribution in [0.4, 0.5) is 11.4 Å². The number of phenols is 1. The summed E-state index contributed by atoms with van der Waals surface area (Å²) in [6, 6.07) is 30.4. The van der Waals surface area contributed by atoms with Crippen LogP contribution in [0.5, 0.6) is 5.75 Å². The van der Waals surface area contributed by atoms with E-state index in [1.807, 2.05) is 67.6 Å². The summed E-state index contributed by atoms with van der Waals surface area (Å²) in [5.41, 5.74) is 2.51. The highest BCUT2D eigenvalue weighted by molar-refractivity contribution is 6.32. The molecule has 4 aromatic rings. The average Bonchev–Trinajstić information content (AvgIpc) is 3.49. The molecule has 0 radical (unpaired) electrons. The van der Waals surface area contributed by atoms with Crippen LogP contribution in [0.3, 0.4) is 0 Å². The van der Waals surface area contributed by atoms with Crippen molar-refractivity contribution in [2.75, 3.05) is 9.80 Å². The molecule has 2 aliphatic heterocycles. The number of aromatic hydroxyl groups is 1.